The topological polar surface area (TPSA) is 67.2 Å². The Hall–Kier alpha value is -3.48. The average Bonchev–Trinajstić information content (AvgIpc) is 3.31. The molecular weight excluding hydrogens is 383 g/mol. The summed E-state index contributed by atoms with van der Waals surface area (Å²) >= 11 is 0. The Morgan fingerprint density at radius 3 is 2.73 bits per heavy atom. The summed E-state index contributed by atoms with van der Waals surface area (Å²) in [6.45, 7) is 1.97. The van der Waals surface area contributed by atoms with E-state index in [0.29, 0.717) is 23.6 Å². The first-order chi connectivity index (χ1) is 14.4. The summed E-state index contributed by atoms with van der Waals surface area (Å²) in [7, 11) is 1.73. The molecule has 1 heterocycles. The molecule has 0 unspecified atom stereocenters. The van der Waals surface area contributed by atoms with Crippen molar-refractivity contribution in [2.45, 2.75) is 32.7 Å². The molecule has 1 aromatic heterocycles. The number of benzene rings is 2. The fourth-order valence-electron chi connectivity index (χ4n) is 3.77. The zero-order valence-corrected chi connectivity index (χ0v) is 17.0. The summed E-state index contributed by atoms with van der Waals surface area (Å²) < 4.78 is 15.9. The zero-order chi connectivity index (χ0) is 21.3. The van der Waals surface area contributed by atoms with E-state index in [1.54, 1.807) is 40.9 Å². The maximum absolute atomic E-state index is 14.3. The Kier molecular flexibility index (Phi) is 5.35. The standard InChI is InChI=1S/C23H23FN4O2/c1-15(29)27(2)14-16-7-5-8-17(13-16)25-23(30)22-18-9-6-12-20(18)28(26-22)21-11-4-3-10-19(21)24/h3-5,7-8,10-11,13H,6,9,12,14H2,1-2H3,(H,25,30). The molecule has 7 heteroatoms. The SMILES string of the molecule is CC(=O)N(C)Cc1cccc(NC(=O)c2nn(-c3ccccc3F)c3c2CCC3)c1. The van der Waals surface area contributed by atoms with Gasteiger partial charge in [0.15, 0.2) is 5.69 Å². The number of carbonyl (C=O) groups is 2. The number of anilines is 1. The second-order valence-electron chi connectivity index (χ2n) is 7.52. The predicted octanol–water partition coefficient (Wildman–Crippen LogP) is 3.73. The van der Waals surface area contributed by atoms with Crippen molar-refractivity contribution in [3.05, 3.63) is 76.9 Å². The van der Waals surface area contributed by atoms with E-state index in [1.807, 2.05) is 18.2 Å². The molecule has 0 spiro atoms. The fourth-order valence-corrected chi connectivity index (χ4v) is 3.77. The van der Waals surface area contributed by atoms with Gasteiger partial charge in [0.05, 0.1) is 0 Å². The molecule has 30 heavy (non-hydrogen) atoms. The smallest absolute Gasteiger partial charge is 0.276 e. The van der Waals surface area contributed by atoms with Gasteiger partial charge in [-0.25, -0.2) is 9.07 Å². The van der Waals surface area contributed by atoms with Crippen molar-refractivity contribution in [1.82, 2.24) is 14.7 Å². The minimum Gasteiger partial charge on any atom is -0.342 e. The normalized spacial score (nSPS) is 12.5. The maximum atomic E-state index is 14.3. The molecule has 6 nitrogen and oxygen atoms in total. The molecule has 0 saturated carbocycles. The van der Waals surface area contributed by atoms with Crippen LogP contribution >= 0.6 is 0 Å². The minimum atomic E-state index is -0.371. The van der Waals surface area contributed by atoms with Crippen LogP contribution in [0.15, 0.2) is 48.5 Å². The maximum Gasteiger partial charge on any atom is 0.276 e. The third kappa shape index (κ3) is 3.83. The van der Waals surface area contributed by atoms with Gasteiger partial charge < -0.3 is 10.2 Å². The number of carbonyl (C=O) groups excluding carboxylic acids is 2. The van der Waals surface area contributed by atoms with E-state index in [2.05, 4.69) is 10.4 Å². The first-order valence-electron chi connectivity index (χ1n) is 9.91. The summed E-state index contributed by atoms with van der Waals surface area (Å²) in [6.07, 6.45) is 2.42. The molecule has 1 aliphatic carbocycles. The lowest BCUT2D eigenvalue weighted by atomic mass is 10.1. The van der Waals surface area contributed by atoms with Crippen molar-refractivity contribution in [1.29, 1.82) is 0 Å². The largest absolute Gasteiger partial charge is 0.342 e. The molecule has 1 aliphatic rings. The second-order valence-corrected chi connectivity index (χ2v) is 7.52. The lowest BCUT2D eigenvalue weighted by Crippen LogP contribution is -2.23. The van der Waals surface area contributed by atoms with Crippen LogP contribution in [0.4, 0.5) is 10.1 Å². The van der Waals surface area contributed by atoms with Gasteiger partial charge in [0.2, 0.25) is 5.91 Å². The molecule has 154 valence electrons. The highest BCUT2D eigenvalue weighted by Gasteiger charge is 2.27. The minimum absolute atomic E-state index is 0.0290. The number of amides is 2. The van der Waals surface area contributed by atoms with Gasteiger partial charge in [-0.2, -0.15) is 5.10 Å². The fraction of sp³-hybridized carbons (Fsp3) is 0.261. The number of rotatable bonds is 5. The van der Waals surface area contributed by atoms with Crippen LogP contribution in [0.2, 0.25) is 0 Å². The number of halogens is 1. The summed E-state index contributed by atoms with van der Waals surface area (Å²) in [5.74, 6) is -0.719. The van der Waals surface area contributed by atoms with E-state index < -0.39 is 0 Å². The summed E-state index contributed by atoms with van der Waals surface area (Å²) in [5.41, 5.74) is 3.99. The van der Waals surface area contributed by atoms with E-state index >= 15 is 0 Å². The Balaban J connectivity index is 1.60. The molecular formula is C23H23FN4O2. The number of hydrogen-bond donors (Lipinski definition) is 1. The van der Waals surface area contributed by atoms with Crippen LogP contribution in [-0.2, 0) is 24.2 Å². The predicted molar refractivity (Wildman–Crippen MR) is 112 cm³/mol. The molecule has 0 fully saturated rings. The van der Waals surface area contributed by atoms with Crippen LogP contribution in [0.3, 0.4) is 0 Å². The van der Waals surface area contributed by atoms with Gasteiger partial charge in [0.25, 0.3) is 5.91 Å². The first-order valence-corrected chi connectivity index (χ1v) is 9.91. The van der Waals surface area contributed by atoms with E-state index in [9.17, 15) is 14.0 Å². The molecule has 0 aliphatic heterocycles. The molecule has 1 N–H and O–H groups in total. The Morgan fingerprint density at radius 2 is 1.97 bits per heavy atom. The number of fused-ring (bicyclic) bond motifs is 1. The van der Waals surface area contributed by atoms with Crippen molar-refractivity contribution in [2.75, 3.05) is 12.4 Å². The van der Waals surface area contributed by atoms with E-state index in [0.717, 1.165) is 36.1 Å². The lowest BCUT2D eigenvalue weighted by Gasteiger charge is -2.15. The van der Waals surface area contributed by atoms with Crippen LogP contribution in [-0.4, -0.2) is 33.5 Å². The average molecular weight is 406 g/mol. The van der Waals surface area contributed by atoms with Gasteiger partial charge in [-0.15, -0.1) is 0 Å². The zero-order valence-electron chi connectivity index (χ0n) is 17.0. The van der Waals surface area contributed by atoms with Gasteiger partial charge in [-0.3, -0.25) is 9.59 Å². The third-order valence-electron chi connectivity index (χ3n) is 5.37. The molecule has 0 saturated heterocycles. The number of para-hydroxylation sites is 1. The number of nitrogens with zero attached hydrogens (tertiary/aromatic N) is 3. The van der Waals surface area contributed by atoms with Gasteiger partial charge in [-0.05, 0) is 49.1 Å². The molecule has 4 rings (SSSR count). The second kappa shape index (κ2) is 8.10. The number of nitrogens with one attached hydrogen (secondary N) is 1. The van der Waals surface area contributed by atoms with Crippen LogP contribution < -0.4 is 5.32 Å². The number of hydrogen-bond acceptors (Lipinski definition) is 3. The molecule has 0 radical (unpaired) electrons. The highest BCUT2D eigenvalue weighted by atomic mass is 19.1. The van der Waals surface area contributed by atoms with Crippen LogP contribution in [0.1, 0.15) is 40.7 Å². The van der Waals surface area contributed by atoms with Crippen molar-refractivity contribution in [2.24, 2.45) is 0 Å². The molecule has 2 aromatic carbocycles. The van der Waals surface area contributed by atoms with Crippen LogP contribution in [0.5, 0.6) is 0 Å². The number of aromatic nitrogens is 2. The molecule has 2 amide bonds. The van der Waals surface area contributed by atoms with E-state index in [-0.39, 0.29) is 17.6 Å². The summed E-state index contributed by atoms with van der Waals surface area (Å²) in [5, 5.41) is 7.36. The van der Waals surface area contributed by atoms with Crippen molar-refractivity contribution < 1.29 is 14.0 Å². The Morgan fingerprint density at radius 1 is 1.17 bits per heavy atom. The van der Waals surface area contributed by atoms with Crippen LogP contribution in [0, 0.1) is 5.82 Å². The molecule has 3 aromatic rings. The van der Waals surface area contributed by atoms with Gasteiger partial charge in [0.1, 0.15) is 11.5 Å². The van der Waals surface area contributed by atoms with E-state index in [4.69, 9.17) is 0 Å². The highest BCUT2D eigenvalue weighted by Crippen LogP contribution is 2.29. The van der Waals surface area contributed by atoms with Gasteiger partial charge in [0, 0.05) is 37.5 Å². The lowest BCUT2D eigenvalue weighted by molar-refractivity contribution is -0.128. The summed E-state index contributed by atoms with van der Waals surface area (Å²) in [6, 6.07) is 13.8. The molecule has 0 bridgehead atoms. The molecule has 0 atom stereocenters. The Labute approximate surface area is 174 Å². The monoisotopic (exact) mass is 406 g/mol. The van der Waals surface area contributed by atoms with Gasteiger partial charge >= 0.3 is 0 Å². The Bertz CT molecular complexity index is 1120. The van der Waals surface area contributed by atoms with Crippen LogP contribution in [0.25, 0.3) is 5.69 Å². The quantitative estimate of drug-likeness (QED) is 0.702. The van der Waals surface area contributed by atoms with Crippen molar-refractivity contribution in [3.8, 4) is 5.69 Å². The highest BCUT2D eigenvalue weighted by molar-refractivity contribution is 6.04. The van der Waals surface area contributed by atoms with Crippen molar-refractivity contribution in [3.63, 3.8) is 0 Å². The van der Waals surface area contributed by atoms with Crippen molar-refractivity contribution >= 4 is 17.5 Å². The summed E-state index contributed by atoms with van der Waals surface area (Å²) in [4.78, 5) is 26.1. The van der Waals surface area contributed by atoms with E-state index in [1.165, 1.54) is 13.0 Å². The third-order valence-corrected chi connectivity index (χ3v) is 5.37. The van der Waals surface area contributed by atoms with Gasteiger partial charge in [-0.1, -0.05) is 24.3 Å². The first kappa shape index (κ1) is 19.8.